The topological polar surface area (TPSA) is 61.4 Å². The van der Waals surface area contributed by atoms with Gasteiger partial charge in [-0.2, -0.15) is 0 Å². The van der Waals surface area contributed by atoms with E-state index in [2.05, 4.69) is 40.0 Å². The normalized spacial score (nSPS) is 17.4. The van der Waals surface area contributed by atoms with Gasteiger partial charge in [-0.1, -0.05) is 31.2 Å². The minimum atomic E-state index is -0.223. The first kappa shape index (κ1) is 21.5. The molecule has 6 heteroatoms. The summed E-state index contributed by atoms with van der Waals surface area (Å²) < 4.78 is 0. The van der Waals surface area contributed by atoms with Gasteiger partial charge in [0.25, 0.3) is 5.91 Å². The Kier molecular flexibility index (Phi) is 7.83. The number of amides is 2. The summed E-state index contributed by atoms with van der Waals surface area (Å²) in [7, 11) is 0. The molecule has 0 aliphatic carbocycles. The zero-order valence-corrected chi connectivity index (χ0v) is 18.1. The summed E-state index contributed by atoms with van der Waals surface area (Å²) in [5.41, 5.74) is 0.608. The van der Waals surface area contributed by atoms with Gasteiger partial charge in [-0.3, -0.25) is 14.5 Å². The molecular formula is C23H31N3O2S. The number of carbonyl (C=O) groups is 2. The second kappa shape index (κ2) is 10.6. The van der Waals surface area contributed by atoms with Gasteiger partial charge < -0.3 is 10.6 Å². The number of piperidine rings is 1. The Morgan fingerprint density at radius 2 is 1.86 bits per heavy atom. The Labute approximate surface area is 177 Å². The van der Waals surface area contributed by atoms with Crippen LogP contribution < -0.4 is 10.6 Å². The van der Waals surface area contributed by atoms with Crippen LogP contribution in [0.25, 0.3) is 0 Å². The van der Waals surface area contributed by atoms with Crippen LogP contribution in [0.1, 0.15) is 54.4 Å². The largest absolute Gasteiger partial charge is 0.354 e. The van der Waals surface area contributed by atoms with Gasteiger partial charge in [-0.25, -0.2) is 0 Å². The molecule has 0 saturated carbocycles. The highest BCUT2D eigenvalue weighted by atomic mass is 32.1. The maximum absolute atomic E-state index is 12.5. The van der Waals surface area contributed by atoms with E-state index in [0.29, 0.717) is 12.1 Å². The molecule has 1 aromatic carbocycles. The average Bonchev–Trinajstić information content (AvgIpc) is 3.24. The van der Waals surface area contributed by atoms with Crippen LogP contribution in [-0.2, 0) is 4.79 Å². The maximum Gasteiger partial charge on any atom is 0.251 e. The van der Waals surface area contributed by atoms with E-state index in [-0.39, 0.29) is 30.3 Å². The van der Waals surface area contributed by atoms with Crippen molar-refractivity contribution in [2.75, 3.05) is 19.6 Å². The molecule has 1 fully saturated rings. The summed E-state index contributed by atoms with van der Waals surface area (Å²) in [6.45, 7) is 6.92. The van der Waals surface area contributed by atoms with Gasteiger partial charge in [-0.15, -0.1) is 11.3 Å². The fourth-order valence-electron chi connectivity index (χ4n) is 3.74. The zero-order chi connectivity index (χ0) is 20.6. The van der Waals surface area contributed by atoms with Crippen molar-refractivity contribution in [2.24, 2.45) is 5.92 Å². The summed E-state index contributed by atoms with van der Waals surface area (Å²) >= 11 is 1.75. The van der Waals surface area contributed by atoms with Crippen LogP contribution >= 0.6 is 11.3 Å². The number of carbonyl (C=O) groups excluding carboxylic acids is 2. The molecule has 0 bridgehead atoms. The van der Waals surface area contributed by atoms with Crippen molar-refractivity contribution in [3.05, 3.63) is 58.3 Å². The quantitative estimate of drug-likeness (QED) is 0.691. The molecule has 2 unspecified atom stereocenters. The van der Waals surface area contributed by atoms with Crippen LogP contribution in [0.15, 0.2) is 47.8 Å². The molecule has 1 aliphatic rings. The van der Waals surface area contributed by atoms with E-state index in [4.69, 9.17) is 0 Å². The average molecular weight is 414 g/mol. The Balaban J connectivity index is 1.50. The highest BCUT2D eigenvalue weighted by Crippen LogP contribution is 2.29. The minimum Gasteiger partial charge on any atom is -0.354 e. The van der Waals surface area contributed by atoms with E-state index in [1.807, 2.05) is 25.1 Å². The second-order valence-corrected chi connectivity index (χ2v) is 8.98. The Bertz CT molecular complexity index is 771. The summed E-state index contributed by atoms with van der Waals surface area (Å²) in [4.78, 5) is 28.5. The fraction of sp³-hybridized carbons (Fsp3) is 0.478. The number of hydrogen-bond acceptors (Lipinski definition) is 4. The Hall–Kier alpha value is -2.18. The lowest BCUT2D eigenvalue weighted by molar-refractivity contribution is -0.121. The van der Waals surface area contributed by atoms with Crippen molar-refractivity contribution in [1.29, 1.82) is 0 Å². The molecule has 2 amide bonds. The summed E-state index contributed by atoms with van der Waals surface area (Å²) in [6, 6.07) is 13.3. The van der Waals surface area contributed by atoms with E-state index < -0.39 is 0 Å². The van der Waals surface area contributed by atoms with Gasteiger partial charge in [0, 0.05) is 29.4 Å². The number of nitrogens with zero attached hydrogens (tertiary/aromatic N) is 1. The van der Waals surface area contributed by atoms with Crippen LogP contribution in [0.3, 0.4) is 0 Å². The lowest BCUT2D eigenvalue weighted by Gasteiger charge is -2.36. The second-order valence-electron chi connectivity index (χ2n) is 8.00. The molecule has 2 atom stereocenters. The first-order valence-corrected chi connectivity index (χ1v) is 11.3. The summed E-state index contributed by atoms with van der Waals surface area (Å²) in [5, 5.41) is 8.10. The molecule has 29 heavy (non-hydrogen) atoms. The van der Waals surface area contributed by atoms with E-state index >= 15 is 0 Å². The van der Waals surface area contributed by atoms with Crippen molar-refractivity contribution >= 4 is 23.2 Å². The van der Waals surface area contributed by atoms with Crippen molar-refractivity contribution in [2.45, 2.75) is 45.2 Å². The molecule has 3 rings (SSSR count). The van der Waals surface area contributed by atoms with E-state index in [1.165, 1.54) is 17.7 Å². The molecular weight excluding hydrogens is 382 g/mol. The maximum atomic E-state index is 12.5. The van der Waals surface area contributed by atoms with Crippen LogP contribution in [0.2, 0.25) is 0 Å². The number of nitrogens with one attached hydrogen (secondary N) is 2. The lowest BCUT2D eigenvalue weighted by atomic mass is 9.97. The lowest BCUT2D eigenvalue weighted by Crippen LogP contribution is -2.43. The molecule has 1 aromatic heterocycles. The smallest absolute Gasteiger partial charge is 0.251 e. The highest BCUT2D eigenvalue weighted by molar-refractivity contribution is 7.10. The molecule has 2 heterocycles. The van der Waals surface area contributed by atoms with E-state index in [1.54, 1.807) is 23.5 Å². The van der Waals surface area contributed by atoms with Gasteiger partial charge in [-0.05, 0) is 62.4 Å². The van der Waals surface area contributed by atoms with Crippen molar-refractivity contribution in [3.63, 3.8) is 0 Å². The molecule has 1 saturated heterocycles. The molecule has 2 aromatic rings. The third-order valence-corrected chi connectivity index (χ3v) is 6.50. The molecule has 0 radical (unpaired) electrons. The Morgan fingerprint density at radius 1 is 1.14 bits per heavy atom. The number of likely N-dealkylation sites (tertiary alicyclic amines) is 1. The first-order chi connectivity index (χ1) is 14.0. The van der Waals surface area contributed by atoms with Gasteiger partial charge in [0.15, 0.2) is 0 Å². The van der Waals surface area contributed by atoms with Crippen LogP contribution in [0.5, 0.6) is 0 Å². The van der Waals surface area contributed by atoms with Crippen LogP contribution in [0.4, 0.5) is 0 Å². The molecule has 2 N–H and O–H groups in total. The number of hydrogen-bond donors (Lipinski definition) is 2. The monoisotopic (exact) mass is 413 g/mol. The van der Waals surface area contributed by atoms with Crippen molar-refractivity contribution < 1.29 is 9.59 Å². The fourth-order valence-corrected chi connectivity index (χ4v) is 4.60. The third-order valence-electron chi connectivity index (χ3n) is 5.53. The zero-order valence-electron chi connectivity index (χ0n) is 17.3. The SMILES string of the molecule is CC1CCN(C(CNC(=O)CC(C)NC(=O)c2ccccc2)c2cccs2)CC1. The summed E-state index contributed by atoms with van der Waals surface area (Å²) in [5.74, 6) is 0.599. The van der Waals surface area contributed by atoms with Crippen molar-refractivity contribution in [3.8, 4) is 0 Å². The molecule has 1 aliphatic heterocycles. The predicted octanol–water partition coefficient (Wildman–Crippen LogP) is 3.85. The molecule has 0 spiro atoms. The third kappa shape index (κ3) is 6.41. The van der Waals surface area contributed by atoms with Gasteiger partial charge in [0.2, 0.25) is 5.91 Å². The first-order valence-electron chi connectivity index (χ1n) is 10.4. The predicted molar refractivity (Wildman–Crippen MR) is 118 cm³/mol. The highest BCUT2D eigenvalue weighted by Gasteiger charge is 2.26. The minimum absolute atomic E-state index is 0.0298. The summed E-state index contributed by atoms with van der Waals surface area (Å²) in [6.07, 6.45) is 2.68. The van der Waals surface area contributed by atoms with Gasteiger partial charge >= 0.3 is 0 Å². The van der Waals surface area contributed by atoms with Crippen molar-refractivity contribution in [1.82, 2.24) is 15.5 Å². The van der Waals surface area contributed by atoms with Crippen LogP contribution in [0, 0.1) is 5.92 Å². The molecule has 156 valence electrons. The van der Waals surface area contributed by atoms with E-state index in [0.717, 1.165) is 19.0 Å². The Morgan fingerprint density at radius 3 is 2.52 bits per heavy atom. The standard InChI is InChI=1S/C23H31N3O2S/c1-17-10-12-26(13-11-17)20(21-9-6-14-29-21)16-24-22(27)15-18(2)25-23(28)19-7-4-3-5-8-19/h3-9,14,17-18,20H,10-13,15-16H2,1-2H3,(H,24,27)(H,25,28). The van der Waals surface area contributed by atoms with Gasteiger partial charge in [0.1, 0.15) is 0 Å². The number of rotatable bonds is 8. The number of benzene rings is 1. The van der Waals surface area contributed by atoms with E-state index in [9.17, 15) is 9.59 Å². The van der Waals surface area contributed by atoms with Gasteiger partial charge in [0.05, 0.1) is 6.04 Å². The number of thiophene rings is 1. The molecule has 5 nitrogen and oxygen atoms in total. The van der Waals surface area contributed by atoms with Crippen LogP contribution in [-0.4, -0.2) is 42.4 Å².